The zero-order valence-corrected chi connectivity index (χ0v) is 13.4. The molecule has 1 N–H and O–H groups in total. The van der Waals surface area contributed by atoms with Gasteiger partial charge in [0, 0.05) is 18.6 Å². The smallest absolute Gasteiger partial charge is 0.240 e. The van der Waals surface area contributed by atoms with Gasteiger partial charge in [-0.05, 0) is 58.7 Å². The molecule has 2 unspecified atom stereocenters. The van der Waals surface area contributed by atoms with Crippen LogP contribution >= 0.6 is 0 Å². The Balaban J connectivity index is 1.69. The highest BCUT2D eigenvalue weighted by Crippen LogP contribution is 2.24. The maximum atomic E-state index is 12.4. The average Bonchev–Trinajstić information content (AvgIpc) is 3.19. The van der Waals surface area contributed by atoms with E-state index < -0.39 is 0 Å². The summed E-state index contributed by atoms with van der Waals surface area (Å²) in [7, 11) is 0. The Hall–Kier alpha value is -0.610. The molecule has 1 aliphatic heterocycles. The lowest BCUT2D eigenvalue weighted by atomic mass is 10.1. The van der Waals surface area contributed by atoms with Crippen LogP contribution in [0.5, 0.6) is 0 Å². The predicted molar refractivity (Wildman–Crippen MR) is 82.8 cm³/mol. The maximum Gasteiger partial charge on any atom is 0.240 e. The standard InChI is InChI=1S/C16H31N3O/c1-4-18(5-2)11-6-7-13(3)19-12-10-15(16(19)20)17-14-8-9-14/h13-15,17H,4-12H2,1-3H3. The van der Waals surface area contributed by atoms with Crippen molar-refractivity contribution in [2.24, 2.45) is 0 Å². The third-order valence-electron chi connectivity index (χ3n) is 4.78. The van der Waals surface area contributed by atoms with Crippen LogP contribution in [0.3, 0.4) is 0 Å². The van der Waals surface area contributed by atoms with Crippen molar-refractivity contribution in [3.05, 3.63) is 0 Å². The van der Waals surface area contributed by atoms with Crippen LogP contribution in [0.15, 0.2) is 0 Å². The lowest BCUT2D eigenvalue weighted by Gasteiger charge is -2.26. The fourth-order valence-corrected chi connectivity index (χ4v) is 3.13. The molecule has 0 aromatic heterocycles. The zero-order valence-electron chi connectivity index (χ0n) is 13.4. The van der Waals surface area contributed by atoms with Crippen LogP contribution in [0.25, 0.3) is 0 Å². The van der Waals surface area contributed by atoms with Gasteiger partial charge in [0.2, 0.25) is 5.91 Å². The molecule has 0 aromatic carbocycles. The molecule has 0 aromatic rings. The van der Waals surface area contributed by atoms with Gasteiger partial charge in [0.15, 0.2) is 0 Å². The van der Waals surface area contributed by atoms with E-state index in [1.165, 1.54) is 19.3 Å². The van der Waals surface area contributed by atoms with E-state index in [1.54, 1.807) is 0 Å². The van der Waals surface area contributed by atoms with Crippen LogP contribution in [0.4, 0.5) is 0 Å². The van der Waals surface area contributed by atoms with E-state index in [2.05, 4.69) is 35.9 Å². The van der Waals surface area contributed by atoms with E-state index in [0.717, 1.165) is 39.0 Å². The molecule has 0 bridgehead atoms. The number of nitrogens with one attached hydrogen (secondary N) is 1. The molecule has 0 spiro atoms. The van der Waals surface area contributed by atoms with Gasteiger partial charge in [0.1, 0.15) is 0 Å². The minimum absolute atomic E-state index is 0.104. The second-order valence-corrected chi connectivity index (χ2v) is 6.33. The molecule has 116 valence electrons. The van der Waals surface area contributed by atoms with E-state index in [-0.39, 0.29) is 6.04 Å². The highest BCUT2D eigenvalue weighted by Gasteiger charge is 2.37. The van der Waals surface area contributed by atoms with Crippen molar-refractivity contribution in [3.8, 4) is 0 Å². The molecular weight excluding hydrogens is 250 g/mol. The van der Waals surface area contributed by atoms with Crippen molar-refractivity contribution in [2.75, 3.05) is 26.2 Å². The van der Waals surface area contributed by atoms with E-state index >= 15 is 0 Å². The van der Waals surface area contributed by atoms with Gasteiger partial charge in [0.25, 0.3) is 0 Å². The topological polar surface area (TPSA) is 35.6 Å². The van der Waals surface area contributed by atoms with E-state index in [0.29, 0.717) is 18.0 Å². The number of nitrogens with zero attached hydrogens (tertiary/aromatic N) is 2. The number of hydrogen-bond acceptors (Lipinski definition) is 3. The summed E-state index contributed by atoms with van der Waals surface area (Å²) in [6.07, 6.45) is 5.81. The molecule has 0 radical (unpaired) electrons. The van der Waals surface area contributed by atoms with Gasteiger partial charge in [-0.3, -0.25) is 4.79 Å². The molecule has 2 rings (SSSR count). The molecule has 20 heavy (non-hydrogen) atoms. The van der Waals surface area contributed by atoms with Crippen LogP contribution in [0, 0.1) is 0 Å². The highest BCUT2D eigenvalue weighted by atomic mass is 16.2. The Bertz CT molecular complexity index is 313. The van der Waals surface area contributed by atoms with Crippen molar-refractivity contribution < 1.29 is 4.79 Å². The molecule has 4 nitrogen and oxygen atoms in total. The lowest BCUT2D eigenvalue weighted by molar-refractivity contribution is -0.131. The molecule has 1 saturated heterocycles. The van der Waals surface area contributed by atoms with E-state index in [9.17, 15) is 4.79 Å². The van der Waals surface area contributed by atoms with Crippen molar-refractivity contribution in [2.45, 2.75) is 71.0 Å². The summed E-state index contributed by atoms with van der Waals surface area (Å²) in [6.45, 7) is 11.0. The molecule has 2 atom stereocenters. The summed E-state index contributed by atoms with van der Waals surface area (Å²) in [6, 6.07) is 1.12. The monoisotopic (exact) mass is 281 g/mol. The Kier molecular flexibility index (Phi) is 5.85. The second kappa shape index (κ2) is 7.41. The first kappa shape index (κ1) is 15.8. The summed E-state index contributed by atoms with van der Waals surface area (Å²) in [5, 5.41) is 3.48. The van der Waals surface area contributed by atoms with E-state index in [1.807, 2.05) is 0 Å². The van der Waals surface area contributed by atoms with Gasteiger partial charge in [-0.1, -0.05) is 13.8 Å². The molecule has 1 saturated carbocycles. The first-order chi connectivity index (χ1) is 9.65. The second-order valence-electron chi connectivity index (χ2n) is 6.33. The third-order valence-corrected chi connectivity index (χ3v) is 4.78. The first-order valence-electron chi connectivity index (χ1n) is 8.44. The van der Waals surface area contributed by atoms with Crippen molar-refractivity contribution in [1.82, 2.24) is 15.1 Å². The quantitative estimate of drug-likeness (QED) is 0.700. The van der Waals surface area contributed by atoms with Crippen molar-refractivity contribution in [1.29, 1.82) is 0 Å². The number of amides is 1. The lowest BCUT2D eigenvalue weighted by Crippen LogP contribution is -2.42. The Morgan fingerprint density at radius 3 is 2.60 bits per heavy atom. The van der Waals surface area contributed by atoms with Gasteiger partial charge in [0.05, 0.1) is 6.04 Å². The normalized spacial score (nSPS) is 24.7. The van der Waals surface area contributed by atoms with E-state index in [4.69, 9.17) is 0 Å². The number of rotatable bonds is 9. The number of hydrogen-bond donors (Lipinski definition) is 1. The van der Waals surface area contributed by atoms with Gasteiger partial charge in [-0.15, -0.1) is 0 Å². The molecule has 1 amide bonds. The first-order valence-corrected chi connectivity index (χ1v) is 8.44. The molecule has 4 heteroatoms. The molecule has 1 aliphatic carbocycles. The highest BCUT2D eigenvalue weighted by molar-refractivity contribution is 5.84. The number of carbonyl (C=O) groups is 1. The van der Waals surface area contributed by atoms with Crippen LogP contribution in [0.2, 0.25) is 0 Å². The minimum Gasteiger partial charge on any atom is -0.339 e. The average molecular weight is 281 g/mol. The van der Waals surface area contributed by atoms with Gasteiger partial charge >= 0.3 is 0 Å². The summed E-state index contributed by atoms with van der Waals surface area (Å²) < 4.78 is 0. The molecular formula is C16H31N3O. The van der Waals surface area contributed by atoms with Gasteiger partial charge < -0.3 is 15.1 Å². The molecule has 1 heterocycles. The van der Waals surface area contributed by atoms with Crippen molar-refractivity contribution in [3.63, 3.8) is 0 Å². The van der Waals surface area contributed by atoms with Gasteiger partial charge in [-0.2, -0.15) is 0 Å². The summed E-state index contributed by atoms with van der Waals surface area (Å²) in [5.41, 5.74) is 0. The number of carbonyl (C=O) groups excluding carboxylic acids is 1. The van der Waals surface area contributed by atoms with Crippen LogP contribution in [0.1, 0.15) is 52.9 Å². The van der Waals surface area contributed by atoms with Crippen LogP contribution in [-0.2, 0) is 4.79 Å². The molecule has 2 aliphatic rings. The molecule has 2 fully saturated rings. The third kappa shape index (κ3) is 4.19. The Morgan fingerprint density at radius 2 is 2.00 bits per heavy atom. The maximum absolute atomic E-state index is 12.4. The van der Waals surface area contributed by atoms with Crippen LogP contribution in [-0.4, -0.2) is 60.0 Å². The minimum atomic E-state index is 0.104. The largest absolute Gasteiger partial charge is 0.339 e. The Morgan fingerprint density at radius 1 is 1.30 bits per heavy atom. The van der Waals surface area contributed by atoms with Gasteiger partial charge in [-0.25, -0.2) is 0 Å². The fourth-order valence-electron chi connectivity index (χ4n) is 3.13. The Labute approximate surface area is 123 Å². The predicted octanol–water partition coefficient (Wildman–Crippen LogP) is 1.85. The summed E-state index contributed by atoms with van der Waals surface area (Å²) >= 11 is 0. The summed E-state index contributed by atoms with van der Waals surface area (Å²) in [5.74, 6) is 0.340. The van der Waals surface area contributed by atoms with Crippen molar-refractivity contribution >= 4 is 5.91 Å². The number of likely N-dealkylation sites (tertiary alicyclic amines) is 1. The van der Waals surface area contributed by atoms with Crippen LogP contribution < -0.4 is 5.32 Å². The SMILES string of the molecule is CCN(CC)CCCC(C)N1CCC(NC2CC2)C1=O. The zero-order chi connectivity index (χ0) is 14.5. The summed E-state index contributed by atoms with van der Waals surface area (Å²) in [4.78, 5) is 16.9. The fraction of sp³-hybridized carbons (Fsp3) is 0.938.